The molecule has 0 aliphatic rings. The number of hydrogen-bond donors (Lipinski definition) is 0. The number of carbonyl (C=O) groups excluding carboxylic acids is 3. The van der Waals surface area contributed by atoms with Gasteiger partial charge in [-0.2, -0.15) is 35.3 Å². The highest BCUT2D eigenvalue weighted by Gasteiger charge is 2.09. The summed E-state index contributed by atoms with van der Waals surface area (Å²) in [6, 6.07) is 0. The molecule has 0 unspecified atom stereocenters. The maximum atomic E-state index is 10.0. The third kappa shape index (κ3) is 17.5. The van der Waals surface area contributed by atoms with Crippen LogP contribution in [0.2, 0.25) is 0 Å². The van der Waals surface area contributed by atoms with Crippen LogP contribution in [0.1, 0.15) is 19.3 Å². The highest BCUT2D eigenvalue weighted by atomic mass is 32.2. The molecule has 0 amide bonds. The second-order valence-corrected chi connectivity index (χ2v) is 8.33. The van der Waals surface area contributed by atoms with Gasteiger partial charge in [-0.25, -0.2) is 29.4 Å². The van der Waals surface area contributed by atoms with E-state index in [1.165, 1.54) is 0 Å². The number of rotatable bonds is 17. The fraction of sp³-hybridized carbons (Fsp3) is 0.800. The Morgan fingerprint density at radius 1 is 0.667 bits per heavy atom. The summed E-state index contributed by atoms with van der Waals surface area (Å²) >= 11 is 5.65. The molecule has 0 rings (SSSR count). The van der Waals surface area contributed by atoms with E-state index >= 15 is 0 Å². The van der Waals surface area contributed by atoms with Gasteiger partial charge in [-0.15, -0.1) is 0 Å². The van der Waals surface area contributed by atoms with E-state index in [9.17, 15) is 14.4 Å². The zero-order chi connectivity index (χ0) is 17.7. The highest BCUT2D eigenvalue weighted by molar-refractivity contribution is 8.05. The molecule has 0 aliphatic heterocycles. The van der Waals surface area contributed by atoms with Crippen LogP contribution < -0.4 is 0 Å². The van der Waals surface area contributed by atoms with Crippen LogP contribution in [-0.4, -0.2) is 71.9 Å². The molecular weight excluding hydrogens is 366 g/mol. The Labute approximate surface area is 155 Å². The fourth-order valence-electron chi connectivity index (χ4n) is 1.60. The summed E-state index contributed by atoms with van der Waals surface area (Å²) in [5.41, 5.74) is 0. The summed E-state index contributed by atoms with van der Waals surface area (Å²) in [5.74, 6) is 5.03. The summed E-state index contributed by atoms with van der Waals surface area (Å²) in [6.45, 7) is 1.63. The molecule has 0 saturated carbocycles. The molecule has 0 aromatic carbocycles. The molecule has 0 aromatic rings. The van der Waals surface area contributed by atoms with E-state index in [1.807, 2.05) is 35.3 Å². The van der Waals surface area contributed by atoms with Crippen LogP contribution in [0.25, 0.3) is 0 Å². The molecule has 0 aliphatic carbocycles. The monoisotopic (exact) mass is 389 g/mol. The highest BCUT2D eigenvalue weighted by Crippen LogP contribution is 2.22. The second kappa shape index (κ2) is 20.2. The lowest BCUT2D eigenvalue weighted by Crippen LogP contribution is -2.12. The van der Waals surface area contributed by atoms with Gasteiger partial charge in [0.1, 0.15) is 0 Å². The predicted octanol–water partition coefficient (Wildman–Crippen LogP) is 2.73. The minimum atomic E-state index is 0.532. The van der Waals surface area contributed by atoms with Crippen molar-refractivity contribution in [3.05, 3.63) is 0 Å². The summed E-state index contributed by atoms with van der Waals surface area (Å²) in [6.07, 6.45) is 7.33. The number of aliphatic imine (C=N–C) groups is 3. The first kappa shape index (κ1) is 23.2. The maximum absolute atomic E-state index is 10.0. The minimum Gasteiger partial charge on any atom is -0.211 e. The Balaban J connectivity index is 3.91. The molecule has 0 fully saturated rings. The van der Waals surface area contributed by atoms with Crippen molar-refractivity contribution in [3.63, 3.8) is 0 Å². The number of isocyanates is 3. The van der Waals surface area contributed by atoms with Crippen molar-refractivity contribution in [1.29, 1.82) is 0 Å². The van der Waals surface area contributed by atoms with Crippen molar-refractivity contribution in [2.75, 3.05) is 48.4 Å². The normalized spacial score (nSPS) is 11.0. The SMILES string of the molecule is O=C=NCCCSCC(CSCCCN=C=O)SCCCN=C=O. The van der Waals surface area contributed by atoms with E-state index in [-0.39, 0.29) is 0 Å². The second-order valence-electron chi connectivity index (χ2n) is 4.62. The molecule has 0 saturated heterocycles. The molecule has 6 nitrogen and oxygen atoms in total. The molecule has 0 aromatic heterocycles. The van der Waals surface area contributed by atoms with E-state index in [4.69, 9.17) is 0 Å². The maximum Gasteiger partial charge on any atom is 0.234 e. The molecule has 0 atom stereocenters. The first-order chi connectivity index (χ1) is 11.8. The van der Waals surface area contributed by atoms with E-state index in [0.29, 0.717) is 24.9 Å². The van der Waals surface area contributed by atoms with Crippen molar-refractivity contribution in [2.45, 2.75) is 24.5 Å². The van der Waals surface area contributed by atoms with Gasteiger partial charge in [0.15, 0.2) is 0 Å². The predicted molar refractivity (Wildman–Crippen MR) is 104 cm³/mol. The summed E-state index contributed by atoms with van der Waals surface area (Å²) in [7, 11) is 0. The lowest BCUT2D eigenvalue weighted by Gasteiger charge is -2.15. The van der Waals surface area contributed by atoms with Crippen molar-refractivity contribution >= 4 is 53.5 Å². The molecule has 24 heavy (non-hydrogen) atoms. The van der Waals surface area contributed by atoms with Gasteiger partial charge in [-0.1, -0.05) is 0 Å². The van der Waals surface area contributed by atoms with Crippen LogP contribution >= 0.6 is 35.3 Å². The van der Waals surface area contributed by atoms with Gasteiger partial charge in [0.25, 0.3) is 0 Å². The summed E-state index contributed by atoms with van der Waals surface area (Å²) < 4.78 is 0. The Hall–Kier alpha value is -0.810. The van der Waals surface area contributed by atoms with E-state index in [2.05, 4.69) is 15.0 Å². The molecule has 0 heterocycles. The van der Waals surface area contributed by atoms with Gasteiger partial charge in [0, 0.05) is 16.8 Å². The largest absolute Gasteiger partial charge is 0.234 e. The van der Waals surface area contributed by atoms with Gasteiger partial charge in [-0.3, -0.25) is 0 Å². The van der Waals surface area contributed by atoms with Crippen LogP contribution in [0, 0.1) is 0 Å². The summed E-state index contributed by atoms with van der Waals surface area (Å²) in [4.78, 5) is 40.7. The van der Waals surface area contributed by atoms with E-state index < -0.39 is 0 Å². The topological polar surface area (TPSA) is 88.3 Å². The Kier molecular flexibility index (Phi) is 19.6. The molecular formula is C15H23N3O3S3. The van der Waals surface area contributed by atoms with Gasteiger partial charge in [-0.05, 0) is 36.5 Å². The molecule has 9 heteroatoms. The Bertz CT molecular complexity index is 418. The number of nitrogens with zero attached hydrogens (tertiary/aromatic N) is 3. The van der Waals surface area contributed by atoms with Crippen molar-refractivity contribution < 1.29 is 14.4 Å². The van der Waals surface area contributed by atoms with E-state index in [0.717, 1.165) is 48.0 Å². The van der Waals surface area contributed by atoms with Crippen molar-refractivity contribution in [2.24, 2.45) is 15.0 Å². The van der Waals surface area contributed by atoms with Crippen LogP contribution in [0.3, 0.4) is 0 Å². The van der Waals surface area contributed by atoms with Crippen molar-refractivity contribution in [1.82, 2.24) is 0 Å². The van der Waals surface area contributed by atoms with Crippen LogP contribution in [0.5, 0.6) is 0 Å². The van der Waals surface area contributed by atoms with Gasteiger partial charge >= 0.3 is 0 Å². The number of hydrogen-bond acceptors (Lipinski definition) is 9. The minimum absolute atomic E-state index is 0.532. The first-order valence-electron chi connectivity index (χ1n) is 7.73. The fourth-order valence-corrected chi connectivity index (χ4v) is 5.48. The van der Waals surface area contributed by atoms with Crippen molar-refractivity contribution in [3.8, 4) is 0 Å². The average Bonchev–Trinajstić information content (AvgIpc) is 2.60. The quantitative estimate of drug-likeness (QED) is 0.216. The molecule has 134 valence electrons. The third-order valence-electron chi connectivity index (χ3n) is 2.69. The summed E-state index contributed by atoms with van der Waals surface area (Å²) in [5, 5.41) is 0.532. The molecule has 0 N–H and O–H groups in total. The molecule has 0 bridgehead atoms. The van der Waals surface area contributed by atoms with Crippen LogP contribution in [0.4, 0.5) is 0 Å². The number of thioether (sulfide) groups is 3. The van der Waals surface area contributed by atoms with Gasteiger partial charge in [0.2, 0.25) is 18.2 Å². The Morgan fingerprint density at radius 3 is 1.50 bits per heavy atom. The lowest BCUT2D eigenvalue weighted by atomic mass is 10.5. The zero-order valence-electron chi connectivity index (χ0n) is 13.6. The first-order valence-corrected chi connectivity index (χ1v) is 11.1. The molecule has 0 spiro atoms. The molecule has 0 radical (unpaired) electrons. The Morgan fingerprint density at radius 2 is 1.08 bits per heavy atom. The van der Waals surface area contributed by atoms with E-state index in [1.54, 1.807) is 18.2 Å². The standard InChI is InChI=1S/C15H23N3O3S3/c19-12-16-4-1-7-22-10-15(24-9-3-6-18-14-21)11-23-8-2-5-17-13-20/h15H,1-11H2. The van der Waals surface area contributed by atoms with Gasteiger partial charge < -0.3 is 0 Å². The zero-order valence-corrected chi connectivity index (χ0v) is 16.1. The average molecular weight is 390 g/mol. The van der Waals surface area contributed by atoms with Crippen LogP contribution in [0.15, 0.2) is 15.0 Å². The third-order valence-corrected chi connectivity index (χ3v) is 6.87. The lowest BCUT2D eigenvalue weighted by molar-refractivity contribution is 0.562. The van der Waals surface area contributed by atoms with Crippen LogP contribution in [-0.2, 0) is 14.4 Å². The van der Waals surface area contributed by atoms with Gasteiger partial charge in [0.05, 0.1) is 19.6 Å². The smallest absolute Gasteiger partial charge is 0.211 e.